The van der Waals surface area contributed by atoms with E-state index in [0.29, 0.717) is 5.57 Å². The van der Waals surface area contributed by atoms with Crippen molar-refractivity contribution in [2.75, 3.05) is 0 Å². The van der Waals surface area contributed by atoms with Crippen molar-refractivity contribution < 1.29 is 24.5 Å². The first-order chi connectivity index (χ1) is 3.18. The van der Waals surface area contributed by atoms with Crippen LogP contribution in [0, 0.1) is 0 Å². The molecule has 7 heavy (non-hydrogen) atoms. The molecule has 0 aromatic carbocycles. The quantitative estimate of drug-likeness (QED) is 0.397. The number of carbonyl (C=O) groups excluding carboxylic acids is 1. The molecule has 0 bridgehead atoms. The van der Waals surface area contributed by atoms with E-state index in [1.165, 1.54) is 0 Å². The number of carbonyl (C=O) groups is 1. The predicted octanol–water partition coefficient (Wildman–Crippen LogP) is 0.567. The van der Waals surface area contributed by atoms with Crippen LogP contribution >= 0.6 is 0 Å². The molecule has 0 aromatic rings. The van der Waals surface area contributed by atoms with Crippen LogP contribution in [0.3, 0.4) is 0 Å². The fourth-order valence-electron chi connectivity index (χ4n) is 0.0551. The van der Waals surface area contributed by atoms with Crippen LogP contribution in [0.5, 0.6) is 0 Å². The van der Waals surface area contributed by atoms with Gasteiger partial charge in [0.25, 0.3) is 0 Å². The second-order valence-corrected chi connectivity index (χ2v) is 1.33. The van der Waals surface area contributed by atoms with Gasteiger partial charge in [0.05, 0.1) is 0 Å². The van der Waals surface area contributed by atoms with Gasteiger partial charge in [0.2, 0.25) is 0 Å². The van der Waals surface area contributed by atoms with Gasteiger partial charge in [-0.3, -0.25) is 0 Å². The van der Waals surface area contributed by atoms with Crippen molar-refractivity contribution in [3.05, 3.63) is 12.2 Å². The van der Waals surface area contributed by atoms with Crippen LogP contribution in [0.15, 0.2) is 12.2 Å². The van der Waals surface area contributed by atoms with Gasteiger partial charge in [-0.1, -0.05) is 0 Å². The average molecular weight is 144 g/mol. The zero-order valence-corrected chi connectivity index (χ0v) is 4.83. The first-order valence-electron chi connectivity index (χ1n) is 1.64. The van der Waals surface area contributed by atoms with Crippen LogP contribution < -0.4 is 0 Å². The Bertz CT molecular complexity index is 97.9. The van der Waals surface area contributed by atoms with Gasteiger partial charge in [0.15, 0.2) is 0 Å². The minimum atomic E-state index is -0.514. The van der Waals surface area contributed by atoms with E-state index in [-0.39, 0.29) is 0 Å². The molecule has 0 aliphatic carbocycles. The van der Waals surface area contributed by atoms with Gasteiger partial charge in [0.1, 0.15) is 0 Å². The van der Waals surface area contributed by atoms with E-state index >= 15 is 0 Å². The summed E-state index contributed by atoms with van der Waals surface area (Å²) >= 11 is 3.68. The summed E-state index contributed by atoms with van der Waals surface area (Å²) in [5.74, 6) is -0.514. The van der Waals surface area contributed by atoms with Crippen molar-refractivity contribution in [3.8, 4) is 0 Å². The molecule has 0 aliphatic rings. The zero-order chi connectivity index (χ0) is 5.86. The van der Waals surface area contributed by atoms with E-state index in [4.69, 9.17) is 0 Å². The van der Waals surface area contributed by atoms with Crippen LogP contribution in [0.1, 0.15) is 6.92 Å². The average Bonchev–Trinajstić information content (AvgIpc) is 1.65. The Balaban J connectivity index is 3.58. The molecule has 3 heteroatoms. The third-order valence-corrected chi connectivity index (χ3v) is 0.590. The molecule has 0 rings (SSSR count). The van der Waals surface area contributed by atoms with Crippen molar-refractivity contribution in [1.29, 1.82) is 0 Å². The van der Waals surface area contributed by atoms with Crippen molar-refractivity contribution >= 4 is 5.97 Å². The van der Waals surface area contributed by atoms with Gasteiger partial charge in [-0.05, 0) is 0 Å². The predicted molar refractivity (Wildman–Crippen MR) is 20.9 cm³/mol. The molecule has 0 amide bonds. The maximum absolute atomic E-state index is 10.1. The van der Waals surface area contributed by atoms with Gasteiger partial charge >= 0.3 is 49.5 Å². The third kappa shape index (κ3) is 2.40. The van der Waals surface area contributed by atoms with Crippen molar-refractivity contribution in [2.45, 2.75) is 6.92 Å². The third-order valence-electron chi connectivity index (χ3n) is 0.407. The summed E-state index contributed by atoms with van der Waals surface area (Å²) in [4.78, 5) is 10.1. The Morgan fingerprint density at radius 2 is 2.29 bits per heavy atom. The SMILES string of the molecule is C=C(C)C(=O)[O][Ni]. The van der Waals surface area contributed by atoms with Crippen molar-refractivity contribution in [2.24, 2.45) is 0 Å². The number of hydrogen-bond acceptors (Lipinski definition) is 2. The molecule has 0 aromatic heterocycles. The van der Waals surface area contributed by atoms with Crippen LogP contribution in [0.2, 0.25) is 0 Å². The normalized spacial score (nSPS) is 7.86. The monoisotopic (exact) mass is 143 g/mol. The second-order valence-electron chi connectivity index (χ2n) is 1.13. The Labute approximate surface area is 50.2 Å². The van der Waals surface area contributed by atoms with Crippen LogP contribution in [-0.4, -0.2) is 5.97 Å². The van der Waals surface area contributed by atoms with E-state index in [9.17, 15) is 4.79 Å². The van der Waals surface area contributed by atoms with E-state index in [1.807, 2.05) is 0 Å². The Morgan fingerprint density at radius 3 is 2.29 bits per heavy atom. The fraction of sp³-hybridized carbons (Fsp3) is 0.250. The maximum atomic E-state index is 10.1. The van der Waals surface area contributed by atoms with Gasteiger partial charge < -0.3 is 0 Å². The summed E-state index contributed by atoms with van der Waals surface area (Å²) in [6.45, 7) is 4.83. The Kier molecular flexibility index (Phi) is 2.69. The molecular weight excluding hydrogens is 139 g/mol. The summed E-state index contributed by atoms with van der Waals surface area (Å²) in [6.07, 6.45) is 0. The number of rotatable bonds is 1. The molecule has 0 unspecified atom stereocenters. The topological polar surface area (TPSA) is 26.3 Å². The minimum absolute atomic E-state index is 0.339. The first-order valence-corrected chi connectivity index (χ1v) is 2.04. The van der Waals surface area contributed by atoms with E-state index in [0.717, 1.165) is 0 Å². The fourth-order valence-corrected chi connectivity index (χ4v) is 0.227. The molecule has 0 spiro atoms. The Hall–Kier alpha value is -0.296. The molecule has 0 N–H and O–H groups in total. The molecular formula is C4H5NiO2. The first kappa shape index (κ1) is 6.70. The molecule has 0 fully saturated rings. The second kappa shape index (κ2) is 2.81. The van der Waals surface area contributed by atoms with Gasteiger partial charge in [-0.2, -0.15) is 0 Å². The van der Waals surface area contributed by atoms with Gasteiger partial charge in [-0.15, -0.1) is 0 Å². The Morgan fingerprint density at radius 1 is 1.86 bits per heavy atom. The molecule has 0 radical (unpaired) electrons. The standard InChI is InChI=1S/C4H6O2.Ni/c1-3(2)4(5)6;/h1H2,2H3,(H,5,6);/q;+1/p-1. The molecule has 2 nitrogen and oxygen atoms in total. The zero-order valence-electron chi connectivity index (χ0n) is 3.84. The van der Waals surface area contributed by atoms with Gasteiger partial charge in [0, 0.05) is 0 Å². The van der Waals surface area contributed by atoms with Crippen LogP contribution in [0.25, 0.3) is 0 Å². The van der Waals surface area contributed by atoms with Gasteiger partial charge in [-0.25, -0.2) is 0 Å². The summed E-state index contributed by atoms with van der Waals surface area (Å²) in [6, 6.07) is 0. The molecule has 0 saturated heterocycles. The van der Waals surface area contributed by atoms with E-state index in [2.05, 4.69) is 26.2 Å². The van der Waals surface area contributed by atoms with E-state index < -0.39 is 5.97 Å². The van der Waals surface area contributed by atoms with Crippen molar-refractivity contribution in [1.82, 2.24) is 0 Å². The molecule has 43 valence electrons. The molecule has 0 atom stereocenters. The summed E-state index contributed by atoms with van der Waals surface area (Å²) in [5, 5.41) is 0. The summed E-state index contributed by atoms with van der Waals surface area (Å²) < 4.78 is 3.90. The van der Waals surface area contributed by atoms with Crippen LogP contribution in [-0.2, 0) is 24.5 Å². The summed E-state index contributed by atoms with van der Waals surface area (Å²) in [5.41, 5.74) is 0.339. The van der Waals surface area contributed by atoms with Crippen LogP contribution in [0.4, 0.5) is 0 Å². The van der Waals surface area contributed by atoms with Crippen molar-refractivity contribution in [3.63, 3.8) is 0 Å². The summed E-state index contributed by atoms with van der Waals surface area (Å²) in [7, 11) is 0. The molecule has 0 heterocycles. The van der Waals surface area contributed by atoms with E-state index in [1.54, 1.807) is 6.92 Å². The molecule has 0 saturated carbocycles. The number of hydrogen-bond donors (Lipinski definition) is 0. The molecule has 0 aliphatic heterocycles.